The van der Waals surface area contributed by atoms with E-state index >= 15 is 0 Å². The maximum Gasteiger partial charge on any atom is 0.311 e. The van der Waals surface area contributed by atoms with E-state index in [1.165, 1.54) is 6.26 Å². The van der Waals surface area contributed by atoms with Gasteiger partial charge in [0.05, 0.1) is 27.9 Å². The average Bonchev–Trinajstić information content (AvgIpc) is 2.76. The number of rotatable bonds is 7. The van der Waals surface area contributed by atoms with Crippen LogP contribution in [0.3, 0.4) is 0 Å². The highest BCUT2D eigenvalue weighted by Gasteiger charge is 2.55. The smallest absolute Gasteiger partial charge is 0.311 e. The lowest BCUT2D eigenvalue weighted by atomic mass is 9.93. The van der Waals surface area contributed by atoms with E-state index in [0.717, 1.165) is 0 Å². The fraction of sp³-hybridized carbons (Fsp3) is 0.793. The molecule has 224 valence electrons. The predicted molar refractivity (Wildman–Crippen MR) is 143 cm³/mol. The Hall–Kier alpha value is -2.62. The molecule has 0 aromatic rings. The van der Waals surface area contributed by atoms with Crippen LogP contribution in [0.25, 0.3) is 0 Å². The molecule has 1 saturated heterocycles. The third-order valence-corrected chi connectivity index (χ3v) is 5.50. The molecule has 0 aromatic heterocycles. The molecule has 10 nitrogen and oxygen atoms in total. The summed E-state index contributed by atoms with van der Waals surface area (Å²) in [7, 11) is 0. The Bertz CT molecular complexity index is 908. The summed E-state index contributed by atoms with van der Waals surface area (Å²) in [5.74, 6) is -2.37. The molecule has 1 heterocycles. The lowest BCUT2D eigenvalue weighted by molar-refractivity contribution is -0.301. The van der Waals surface area contributed by atoms with E-state index in [0.29, 0.717) is 0 Å². The van der Waals surface area contributed by atoms with Gasteiger partial charge in [-0.25, -0.2) is 0 Å². The SMILES string of the molecule is C/C=C/O[C@@H]1O[C@H](COC(=O)C(C)(C)C)[C@H](OC(=O)C(C)(C)C)[C@H](OC(=O)C(C)(C)C)[C@H]1OC(=O)C(C)(C)C. The van der Waals surface area contributed by atoms with Crippen molar-refractivity contribution in [2.45, 2.75) is 121 Å². The zero-order chi connectivity index (χ0) is 30.6. The van der Waals surface area contributed by atoms with Gasteiger partial charge in [-0.05, 0) is 90.0 Å². The third kappa shape index (κ3) is 10.1. The number of hydrogen-bond donors (Lipinski definition) is 0. The van der Waals surface area contributed by atoms with Gasteiger partial charge in [0.1, 0.15) is 12.7 Å². The van der Waals surface area contributed by atoms with Gasteiger partial charge in [0.2, 0.25) is 12.4 Å². The van der Waals surface area contributed by atoms with Crippen LogP contribution in [0.1, 0.15) is 90.0 Å². The molecular formula is C29H48O10. The average molecular weight is 557 g/mol. The Morgan fingerprint density at radius 3 is 1.38 bits per heavy atom. The van der Waals surface area contributed by atoms with Crippen LogP contribution in [0.2, 0.25) is 0 Å². The number of carbonyl (C=O) groups excluding carboxylic acids is 4. The van der Waals surface area contributed by atoms with Gasteiger partial charge in [0, 0.05) is 0 Å². The van der Waals surface area contributed by atoms with Crippen molar-refractivity contribution in [2.24, 2.45) is 21.7 Å². The Labute approximate surface area is 233 Å². The molecule has 1 fully saturated rings. The van der Waals surface area contributed by atoms with Crippen molar-refractivity contribution in [3.8, 4) is 0 Å². The van der Waals surface area contributed by atoms with Gasteiger partial charge in [-0.15, -0.1) is 0 Å². The number of esters is 4. The van der Waals surface area contributed by atoms with E-state index in [1.807, 2.05) is 0 Å². The van der Waals surface area contributed by atoms with Gasteiger partial charge in [-0.2, -0.15) is 0 Å². The maximum atomic E-state index is 13.1. The first-order valence-corrected chi connectivity index (χ1v) is 13.2. The largest absolute Gasteiger partial charge is 0.469 e. The molecule has 0 unspecified atom stereocenters. The Kier molecular flexibility index (Phi) is 11.2. The van der Waals surface area contributed by atoms with Crippen molar-refractivity contribution in [1.29, 1.82) is 0 Å². The lowest BCUT2D eigenvalue weighted by Crippen LogP contribution is -2.64. The Morgan fingerprint density at radius 2 is 1.00 bits per heavy atom. The molecule has 0 aliphatic carbocycles. The molecule has 39 heavy (non-hydrogen) atoms. The van der Waals surface area contributed by atoms with Gasteiger partial charge < -0.3 is 28.4 Å². The van der Waals surface area contributed by atoms with Gasteiger partial charge in [-0.1, -0.05) is 6.08 Å². The van der Waals surface area contributed by atoms with Crippen molar-refractivity contribution in [2.75, 3.05) is 6.61 Å². The van der Waals surface area contributed by atoms with E-state index in [-0.39, 0.29) is 6.61 Å². The Balaban J connectivity index is 3.68. The minimum atomic E-state index is -1.34. The topological polar surface area (TPSA) is 124 Å². The van der Waals surface area contributed by atoms with Crippen LogP contribution in [0, 0.1) is 21.7 Å². The van der Waals surface area contributed by atoms with Crippen molar-refractivity contribution >= 4 is 23.9 Å². The second kappa shape index (κ2) is 12.7. The van der Waals surface area contributed by atoms with Crippen molar-refractivity contribution in [3.63, 3.8) is 0 Å². The first-order valence-electron chi connectivity index (χ1n) is 13.2. The standard InChI is InChI=1S/C29H48O10/c1-14-15-34-21-20(39-25(33)29(11,12)13)19(38-24(32)28(8,9)10)18(37-23(31)27(5,6)7)17(36-21)16-35-22(30)26(2,3)4/h14-15,17-21H,16H2,1-13H3/b15-14+/t17-,18+,19+,20-,21-/m1/s1. The quantitative estimate of drug-likeness (QED) is 0.247. The summed E-state index contributed by atoms with van der Waals surface area (Å²) in [4.78, 5) is 51.8. The molecule has 0 N–H and O–H groups in total. The van der Waals surface area contributed by atoms with Crippen molar-refractivity contribution in [1.82, 2.24) is 0 Å². The van der Waals surface area contributed by atoms with Crippen LogP contribution in [0.4, 0.5) is 0 Å². The first-order chi connectivity index (χ1) is 17.5. The highest BCUT2D eigenvalue weighted by molar-refractivity contribution is 5.78. The molecular weight excluding hydrogens is 508 g/mol. The predicted octanol–water partition coefficient (Wildman–Crippen LogP) is 4.72. The number of hydrogen-bond acceptors (Lipinski definition) is 10. The van der Waals surface area contributed by atoms with Crippen LogP contribution < -0.4 is 0 Å². The zero-order valence-electron chi connectivity index (χ0n) is 25.8. The minimum Gasteiger partial charge on any atom is -0.469 e. The van der Waals surface area contributed by atoms with Gasteiger partial charge in [-0.3, -0.25) is 19.2 Å². The van der Waals surface area contributed by atoms with E-state index in [1.54, 1.807) is 96.1 Å². The van der Waals surface area contributed by atoms with Crippen molar-refractivity contribution in [3.05, 3.63) is 12.3 Å². The number of allylic oxidation sites excluding steroid dienone is 1. The van der Waals surface area contributed by atoms with Gasteiger partial charge >= 0.3 is 23.9 Å². The van der Waals surface area contributed by atoms with E-state index in [9.17, 15) is 19.2 Å². The van der Waals surface area contributed by atoms with Gasteiger partial charge in [0.25, 0.3) is 0 Å². The summed E-state index contributed by atoms with van der Waals surface area (Å²) in [5, 5.41) is 0. The van der Waals surface area contributed by atoms with E-state index in [2.05, 4.69) is 0 Å². The van der Waals surface area contributed by atoms with Crippen molar-refractivity contribution < 1.29 is 47.6 Å². The number of carbonyl (C=O) groups is 4. The summed E-state index contributed by atoms with van der Waals surface area (Å²) in [6, 6.07) is 0. The van der Waals surface area contributed by atoms with Gasteiger partial charge in [0.15, 0.2) is 12.2 Å². The van der Waals surface area contributed by atoms with Crippen LogP contribution >= 0.6 is 0 Å². The highest BCUT2D eigenvalue weighted by atomic mass is 16.7. The molecule has 0 spiro atoms. The van der Waals surface area contributed by atoms with Crippen LogP contribution in [0.5, 0.6) is 0 Å². The number of ether oxygens (including phenoxy) is 6. The monoisotopic (exact) mass is 556 g/mol. The first kappa shape index (κ1) is 34.4. The molecule has 0 bridgehead atoms. The molecule has 5 atom stereocenters. The Morgan fingerprint density at radius 1 is 0.615 bits per heavy atom. The summed E-state index contributed by atoms with van der Waals surface area (Å²) in [6.07, 6.45) is -3.39. The van der Waals surface area contributed by atoms with E-state index in [4.69, 9.17) is 28.4 Å². The normalized spacial score (nSPS) is 24.6. The summed E-state index contributed by atoms with van der Waals surface area (Å²) in [5.41, 5.74) is -3.60. The molecule has 0 saturated carbocycles. The molecule has 10 heteroatoms. The second-order valence-electron chi connectivity index (χ2n) is 13.9. The minimum absolute atomic E-state index is 0.336. The summed E-state index contributed by atoms with van der Waals surface area (Å²) >= 11 is 0. The van der Waals surface area contributed by atoms with E-state index < -0.39 is 76.2 Å². The highest BCUT2D eigenvalue weighted by Crippen LogP contribution is 2.34. The molecule has 1 rings (SSSR count). The van der Waals surface area contributed by atoms with Crippen LogP contribution in [-0.4, -0.2) is 61.2 Å². The molecule has 1 aliphatic heterocycles. The fourth-order valence-electron chi connectivity index (χ4n) is 2.96. The fourth-order valence-corrected chi connectivity index (χ4v) is 2.96. The third-order valence-electron chi connectivity index (χ3n) is 5.50. The molecule has 0 aromatic carbocycles. The lowest BCUT2D eigenvalue weighted by Gasteiger charge is -2.45. The molecule has 0 radical (unpaired) electrons. The second-order valence-corrected chi connectivity index (χ2v) is 13.9. The maximum absolute atomic E-state index is 13.1. The summed E-state index contributed by atoms with van der Waals surface area (Å²) in [6.45, 7) is 21.5. The zero-order valence-corrected chi connectivity index (χ0v) is 25.8. The van der Waals surface area contributed by atoms with Crippen LogP contribution in [-0.2, 0) is 47.6 Å². The molecule has 1 aliphatic rings. The summed E-state index contributed by atoms with van der Waals surface area (Å²) < 4.78 is 34.9. The molecule has 0 amide bonds. The van der Waals surface area contributed by atoms with Crippen LogP contribution in [0.15, 0.2) is 12.3 Å².